The Balaban J connectivity index is 1.72. The van der Waals surface area contributed by atoms with Crippen molar-refractivity contribution in [3.63, 3.8) is 0 Å². The van der Waals surface area contributed by atoms with E-state index < -0.39 is 0 Å². The molecular formula is C17H23N3OS. The molecule has 5 heteroatoms. The molecule has 2 aliphatic carbocycles. The molecule has 0 amide bonds. The molecule has 1 fully saturated rings. The van der Waals surface area contributed by atoms with Gasteiger partial charge in [0, 0.05) is 17.5 Å². The van der Waals surface area contributed by atoms with Gasteiger partial charge < -0.3 is 10.4 Å². The van der Waals surface area contributed by atoms with Gasteiger partial charge in [0.15, 0.2) is 0 Å². The molecule has 4 rings (SSSR count). The van der Waals surface area contributed by atoms with Crippen molar-refractivity contribution in [1.29, 1.82) is 0 Å². The van der Waals surface area contributed by atoms with Gasteiger partial charge in [0.05, 0.1) is 5.39 Å². The number of aryl methyl sites for hydroxylation is 1. The lowest BCUT2D eigenvalue weighted by Gasteiger charge is -2.24. The van der Waals surface area contributed by atoms with Gasteiger partial charge in [0.2, 0.25) is 0 Å². The molecule has 0 saturated heterocycles. The van der Waals surface area contributed by atoms with E-state index in [4.69, 9.17) is 0 Å². The molecule has 118 valence electrons. The molecule has 2 N–H and O–H groups in total. The molecule has 2 aliphatic rings. The summed E-state index contributed by atoms with van der Waals surface area (Å²) in [6, 6.07) is 0.556. The summed E-state index contributed by atoms with van der Waals surface area (Å²) in [7, 11) is 0. The van der Waals surface area contributed by atoms with E-state index in [0.717, 1.165) is 29.9 Å². The van der Waals surface area contributed by atoms with Gasteiger partial charge in [-0.25, -0.2) is 9.97 Å². The number of rotatable bonds is 4. The Morgan fingerprint density at radius 1 is 1.18 bits per heavy atom. The van der Waals surface area contributed by atoms with Crippen LogP contribution in [-0.4, -0.2) is 27.7 Å². The molecular weight excluding hydrogens is 294 g/mol. The maximum Gasteiger partial charge on any atom is 0.138 e. The molecule has 0 radical (unpaired) electrons. The molecule has 0 aromatic carbocycles. The molecule has 0 bridgehead atoms. The van der Waals surface area contributed by atoms with E-state index in [1.165, 1.54) is 47.9 Å². The number of nitrogens with zero attached hydrogens (tertiary/aromatic N) is 2. The highest BCUT2D eigenvalue weighted by Crippen LogP contribution is 2.46. The van der Waals surface area contributed by atoms with Crippen LogP contribution in [0.15, 0.2) is 6.33 Å². The second-order valence-electron chi connectivity index (χ2n) is 6.57. The maximum absolute atomic E-state index is 9.35. The minimum Gasteiger partial charge on any atom is -0.396 e. The van der Waals surface area contributed by atoms with E-state index in [1.54, 1.807) is 6.33 Å². The van der Waals surface area contributed by atoms with Gasteiger partial charge in [-0.2, -0.15) is 0 Å². The highest BCUT2D eigenvalue weighted by atomic mass is 32.1. The summed E-state index contributed by atoms with van der Waals surface area (Å²) >= 11 is 1.82. The molecule has 2 aromatic heterocycles. The summed E-state index contributed by atoms with van der Waals surface area (Å²) in [5, 5.41) is 14.3. The quantitative estimate of drug-likeness (QED) is 0.899. The third kappa shape index (κ3) is 2.50. The Bertz CT molecular complexity index is 663. The van der Waals surface area contributed by atoms with Crippen molar-refractivity contribution < 1.29 is 5.11 Å². The Hall–Kier alpha value is -1.20. The highest BCUT2D eigenvalue weighted by molar-refractivity contribution is 7.19. The third-order valence-corrected chi connectivity index (χ3v) is 6.33. The highest BCUT2D eigenvalue weighted by Gasteiger charge is 2.29. The lowest BCUT2D eigenvalue weighted by Crippen LogP contribution is -2.23. The smallest absolute Gasteiger partial charge is 0.138 e. The van der Waals surface area contributed by atoms with Crippen molar-refractivity contribution in [3.05, 3.63) is 16.8 Å². The molecule has 2 aromatic rings. The number of nitrogens with one attached hydrogen (secondary N) is 1. The van der Waals surface area contributed by atoms with Gasteiger partial charge in [0.1, 0.15) is 17.0 Å². The summed E-state index contributed by atoms with van der Waals surface area (Å²) in [6.45, 7) is 0.264. The summed E-state index contributed by atoms with van der Waals surface area (Å²) in [5.41, 5.74) is 1.42. The fourth-order valence-electron chi connectivity index (χ4n) is 4.06. The first-order chi connectivity index (χ1) is 10.9. The number of hydrogen-bond acceptors (Lipinski definition) is 5. The number of hydrogen-bond donors (Lipinski definition) is 2. The average Bonchev–Trinajstić information content (AvgIpc) is 3.09. The standard InChI is InChI=1S/C17H23N3OS/c21-9-8-11-6-7-13-14(11)15-16(18-10-19-17(15)22-13)20-12-4-2-1-3-5-12/h10-12,21H,1-9H2,(H,18,19,20)/t11-/m1/s1. The normalized spacial score (nSPS) is 22.1. The third-order valence-electron chi connectivity index (χ3n) is 5.15. The van der Waals surface area contributed by atoms with Crippen LogP contribution in [0, 0.1) is 0 Å². The van der Waals surface area contributed by atoms with Crippen molar-refractivity contribution in [2.24, 2.45) is 0 Å². The Morgan fingerprint density at radius 2 is 2.05 bits per heavy atom. The number of aliphatic hydroxyl groups excluding tert-OH is 1. The van der Waals surface area contributed by atoms with Crippen LogP contribution >= 0.6 is 11.3 Å². The molecule has 22 heavy (non-hydrogen) atoms. The molecule has 0 spiro atoms. The minimum atomic E-state index is 0.264. The molecule has 4 nitrogen and oxygen atoms in total. The molecule has 1 atom stereocenters. The van der Waals surface area contributed by atoms with Gasteiger partial charge in [-0.1, -0.05) is 19.3 Å². The first kappa shape index (κ1) is 14.4. The van der Waals surface area contributed by atoms with Crippen molar-refractivity contribution in [2.45, 2.75) is 63.3 Å². The molecule has 1 saturated carbocycles. The van der Waals surface area contributed by atoms with E-state index in [2.05, 4.69) is 15.3 Å². The van der Waals surface area contributed by atoms with Crippen molar-refractivity contribution in [1.82, 2.24) is 9.97 Å². The van der Waals surface area contributed by atoms with Gasteiger partial charge in [0.25, 0.3) is 0 Å². The van der Waals surface area contributed by atoms with E-state index in [-0.39, 0.29) is 6.61 Å². The molecule has 2 heterocycles. The first-order valence-corrected chi connectivity index (χ1v) is 9.32. The predicted molar refractivity (Wildman–Crippen MR) is 90.7 cm³/mol. The predicted octanol–water partition coefficient (Wildman–Crippen LogP) is 3.85. The number of thiophene rings is 1. The molecule has 0 aliphatic heterocycles. The van der Waals surface area contributed by atoms with Crippen molar-refractivity contribution in [2.75, 3.05) is 11.9 Å². The van der Waals surface area contributed by atoms with E-state index in [0.29, 0.717) is 12.0 Å². The maximum atomic E-state index is 9.35. The van der Waals surface area contributed by atoms with Crippen LogP contribution in [0.1, 0.15) is 61.3 Å². The lowest BCUT2D eigenvalue weighted by molar-refractivity contribution is 0.275. The number of fused-ring (bicyclic) bond motifs is 3. The summed E-state index contributed by atoms with van der Waals surface area (Å²) in [5.74, 6) is 1.51. The van der Waals surface area contributed by atoms with Crippen LogP contribution in [0.4, 0.5) is 5.82 Å². The van der Waals surface area contributed by atoms with Gasteiger partial charge in [-0.3, -0.25) is 0 Å². The zero-order chi connectivity index (χ0) is 14.9. The largest absolute Gasteiger partial charge is 0.396 e. The van der Waals surface area contributed by atoms with Gasteiger partial charge in [-0.15, -0.1) is 11.3 Å². The van der Waals surface area contributed by atoms with Crippen LogP contribution in [0.5, 0.6) is 0 Å². The average molecular weight is 317 g/mol. The topological polar surface area (TPSA) is 58.0 Å². The SMILES string of the molecule is OCC[C@H]1CCc2sc3ncnc(NC4CCCCC4)c3c21. The molecule has 0 unspecified atom stereocenters. The van der Waals surface area contributed by atoms with Crippen LogP contribution in [0.25, 0.3) is 10.2 Å². The fourth-order valence-corrected chi connectivity index (χ4v) is 5.30. The van der Waals surface area contributed by atoms with Gasteiger partial charge in [-0.05, 0) is 43.6 Å². The Labute approximate surface area is 135 Å². The minimum absolute atomic E-state index is 0.264. The zero-order valence-corrected chi connectivity index (χ0v) is 13.7. The monoisotopic (exact) mass is 317 g/mol. The van der Waals surface area contributed by atoms with E-state index in [9.17, 15) is 5.11 Å². The second-order valence-corrected chi connectivity index (χ2v) is 7.65. The van der Waals surface area contributed by atoms with Crippen LogP contribution < -0.4 is 5.32 Å². The number of aliphatic hydroxyl groups is 1. The van der Waals surface area contributed by atoms with Crippen molar-refractivity contribution in [3.8, 4) is 0 Å². The lowest BCUT2D eigenvalue weighted by atomic mass is 9.95. The zero-order valence-electron chi connectivity index (χ0n) is 12.8. The van der Waals surface area contributed by atoms with Crippen LogP contribution in [0.2, 0.25) is 0 Å². The summed E-state index contributed by atoms with van der Waals surface area (Å²) in [4.78, 5) is 11.6. The fraction of sp³-hybridized carbons (Fsp3) is 0.647. The Morgan fingerprint density at radius 3 is 2.86 bits per heavy atom. The number of aromatic nitrogens is 2. The van der Waals surface area contributed by atoms with E-state index in [1.807, 2.05) is 11.3 Å². The van der Waals surface area contributed by atoms with Crippen LogP contribution in [-0.2, 0) is 6.42 Å². The first-order valence-electron chi connectivity index (χ1n) is 8.50. The number of anilines is 1. The van der Waals surface area contributed by atoms with E-state index >= 15 is 0 Å². The Kier molecular flexibility index (Phi) is 4.01. The van der Waals surface area contributed by atoms with Gasteiger partial charge >= 0.3 is 0 Å². The second kappa shape index (κ2) is 6.13. The summed E-state index contributed by atoms with van der Waals surface area (Å²) < 4.78 is 0. The summed E-state index contributed by atoms with van der Waals surface area (Å²) in [6.07, 6.45) is 11.3. The van der Waals surface area contributed by atoms with Crippen molar-refractivity contribution >= 4 is 27.4 Å². The van der Waals surface area contributed by atoms with Crippen LogP contribution in [0.3, 0.4) is 0 Å².